The monoisotopic (exact) mass is 425 g/mol. The topological polar surface area (TPSA) is 150 Å². The summed E-state index contributed by atoms with van der Waals surface area (Å²) in [5.74, 6) is -4.13. The normalized spacial score (nSPS) is 11.1. The molecule has 0 aliphatic carbocycles. The van der Waals surface area contributed by atoms with Gasteiger partial charge in [0.1, 0.15) is 11.5 Å². The Labute approximate surface area is 156 Å². The number of hydrogen-bond donors (Lipinski definition) is 2. The highest BCUT2D eigenvalue weighted by molar-refractivity contribution is 6.30. The lowest BCUT2D eigenvalue weighted by Gasteiger charge is -2.04. The van der Waals surface area contributed by atoms with Crippen LogP contribution < -0.4 is 11.5 Å². The van der Waals surface area contributed by atoms with E-state index in [0.717, 1.165) is 10.6 Å². The number of benzene rings is 1. The Balaban J connectivity index is 0.000000345. The Bertz CT molecular complexity index is 1040. The van der Waals surface area contributed by atoms with Gasteiger partial charge in [0.05, 0.1) is 10.7 Å². The molecular formula is C13H8ClF4N5O5. The number of nitrogens with zero attached hydrogens (tertiary/aromatic N) is 4. The third kappa shape index (κ3) is 4.52. The summed E-state index contributed by atoms with van der Waals surface area (Å²) in [7, 11) is 0. The van der Waals surface area contributed by atoms with Crippen molar-refractivity contribution in [3.05, 3.63) is 45.3 Å². The minimum Gasteiger partial charge on any atom is -0.475 e. The number of carboxylic acids is 1. The fourth-order valence-electron chi connectivity index (χ4n) is 1.76. The summed E-state index contributed by atoms with van der Waals surface area (Å²) in [5.41, 5.74) is 6.20. The predicted octanol–water partition coefficient (Wildman–Crippen LogP) is 1.76. The molecule has 3 N–H and O–H groups in total. The van der Waals surface area contributed by atoms with E-state index < -0.39 is 23.7 Å². The first-order chi connectivity index (χ1) is 13.1. The van der Waals surface area contributed by atoms with Gasteiger partial charge in [-0.15, -0.1) is 0 Å². The first-order valence-electron chi connectivity index (χ1n) is 6.92. The summed E-state index contributed by atoms with van der Waals surface area (Å²) >= 11 is 5.71. The van der Waals surface area contributed by atoms with E-state index in [1.165, 1.54) is 12.1 Å². The standard InChI is InChI=1S/C11H7ClFN5O3.C2HF3O2/c12-6-3-5(1-2-7(6)13)18-10(17-20-11(18)19)9-8(4-14)15-21-16-9;3-2(4,5)1(6)7/h1-3H,4,14H2;(H,6,7). The summed E-state index contributed by atoms with van der Waals surface area (Å²) in [5, 5.41) is 17.8. The molecule has 150 valence electrons. The second-order valence-electron chi connectivity index (χ2n) is 4.77. The number of nitrogens with two attached hydrogens (primary N) is 1. The maximum atomic E-state index is 13.2. The van der Waals surface area contributed by atoms with Gasteiger partial charge in [0.15, 0.2) is 5.69 Å². The molecule has 0 unspecified atom stereocenters. The molecule has 1 aromatic carbocycles. The molecule has 0 aliphatic heterocycles. The van der Waals surface area contributed by atoms with Gasteiger partial charge in [0, 0.05) is 6.54 Å². The van der Waals surface area contributed by atoms with Crippen LogP contribution in [0.3, 0.4) is 0 Å². The average Bonchev–Trinajstić information content (AvgIpc) is 3.23. The zero-order valence-electron chi connectivity index (χ0n) is 13.3. The van der Waals surface area contributed by atoms with E-state index in [2.05, 4.69) is 24.6 Å². The fourth-order valence-corrected chi connectivity index (χ4v) is 1.94. The Hall–Kier alpha value is -3.26. The first-order valence-corrected chi connectivity index (χ1v) is 7.30. The summed E-state index contributed by atoms with van der Waals surface area (Å²) < 4.78 is 55.2. The Kier molecular flexibility index (Phi) is 6.15. The number of aliphatic carboxylic acids is 1. The number of halogens is 5. The van der Waals surface area contributed by atoms with Gasteiger partial charge in [0.2, 0.25) is 5.82 Å². The highest BCUT2D eigenvalue weighted by Crippen LogP contribution is 2.23. The van der Waals surface area contributed by atoms with Crippen molar-refractivity contribution in [1.29, 1.82) is 0 Å². The highest BCUT2D eigenvalue weighted by atomic mass is 35.5. The SMILES string of the molecule is NCc1nonc1-c1noc(=O)n1-c1ccc(F)c(Cl)c1.O=C(O)C(F)(F)F. The van der Waals surface area contributed by atoms with E-state index in [4.69, 9.17) is 27.2 Å². The van der Waals surface area contributed by atoms with Gasteiger partial charge in [-0.1, -0.05) is 21.9 Å². The molecule has 15 heteroatoms. The molecular weight excluding hydrogens is 418 g/mol. The fraction of sp³-hybridized carbons (Fsp3) is 0.154. The van der Waals surface area contributed by atoms with Crippen molar-refractivity contribution in [3.8, 4) is 17.2 Å². The van der Waals surface area contributed by atoms with Crippen molar-refractivity contribution in [2.75, 3.05) is 0 Å². The molecule has 3 rings (SSSR count). The van der Waals surface area contributed by atoms with E-state index in [0.29, 0.717) is 5.69 Å². The smallest absolute Gasteiger partial charge is 0.475 e. The van der Waals surface area contributed by atoms with Gasteiger partial charge in [0.25, 0.3) is 0 Å². The molecule has 0 atom stereocenters. The average molecular weight is 426 g/mol. The third-order valence-corrected chi connectivity index (χ3v) is 3.26. The van der Waals surface area contributed by atoms with E-state index >= 15 is 0 Å². The third-order valence-electron chi connectivity index (χ3n) is 2.97. The van der Waals surface area contributed by atoms with Crippen LogP contribution in [0.5, 0.6) is 0 Å². The van der Waals surface area contributed by atoms with E-state index in [-0.39, 0.29) is 28.8 Å². The van der Waals surface area contributed by atoms with Gasteiger partial charge in [-0.2, -0.15) is 13.2 Å². The molecule has 2 heterocycles. The van der Waals surface area contributed by atoms with Crippen LogP contribution in [-0.4, -0.2) is 37.3 Å². The van der Waals surface area contributed by atoms with Crippen molar-refractivity contribution >= 4 is 17.6 Å². The minimum absolute atomic E-state index is 0.0318. The van der Waals surface area contributed by atoms with Crippen LogP contribution in [0, 0.1) is 5.82 Å². The van der Waals surface area contributed by atoms with Crippen LogP contribution in [0.1, 0.15) is 5.69 Å². The highest BCUT2D eigenvalue weighted by Gasteiger charge is 2.38. The van der Waals surface area contributed by atoms with Crippen LogP contribution in [-0.2, 0) is 11.3 Å². The van der Waals surface area contributed by atoms with Crippen molar-refractivity contribution in [2.24, 2.45) is 5.73 Å². The largest absolute Gasteiger partial charge is 0.490 e. The molecule has 3 aromatic rings. The predicted molar refractivity (Wildman–Crippen MR) is 81.9 cm³/mol. The second-order valence-corrected chi connectivity index (χ2v) is 5.18. The number of hydrogen-bond acceptors (Lipinski definition) is 8. The molecule has 10 nitrogen and oxygen atoms in total. The summed E-state index contributed by atoms with van der Waals surface area (Å²) in [6.07, 6.45) is -5.08. The minimum atomic E-state index is -5.08. The summed E-state index contributed by atoms with van der Waals surface area (Å²) in [6, 6.07) is 3.72. The number of aromatic nitrogens is 4. The molecule has 28 heavy (non-hydrogen) atoms. The molecule has 0 bridgehead atoms. The molecule has 0 fully saturated rings. The molecule has 0 saturated carbocycles. The van der Waals surface area contributed by atoms with Gasteiger partial charge in [-0.05, 0) is 23.4 Å². The second kappa shape index (κ2) is 8.18. The zero-order chi connectivity index (χ0) is 21.1. The Morgan fingerprint density at radius 1 is 1.29 bits per heavy atom. The molecule has 0 aliphatic rings. The first kappa shape index (κ1) is 21.0. The van der Waals surface area contributed by atoms with E-state index in [9.17, 15) is 22.4 Å². The van der Waals surface area contributed by atoms with Crippen LogP contribution in [0.4, 0.5) is 17.6 Å². The van der Waals surface area contributed by atoms with Crippen LogP contribution in [0.25, 0.3) is 17.2 Å². The lowest BCUT2D eigenvalue weighted by molar-refractivity contribution is -0.192. The van der Waals surface area contributed by atoms with Crippen molar-refractivity contribution in [3.63, 3.8) is 0 Å². The number of carboxylic acid groups (broad SMARTS) is 1. The van der Waals surface area contributed by atoms with Gasteiger partial charge in [-0.25, -0.2) is 23.2 Å². The van der Waals surface area contributed by atoms with Gasteiger partial charge < -0.3 is 10.8 Å². The maximum absolute atomic E-state index is 13.2. The van der Waals surface area contributed by atoms with Crippen LogP contribution in [0.2, 0.25) is 5.02 Å². The molecule has 0 amide bonds. The summed E-state index contributed by atoms with van der Waals surface area (Å²) in [4.78, 5) is 20.7. The lowest BCUT2D eigenvalue weighted by Crippen LogP contribution is -2.21. The molecule has 0 spiro atoms. The quantitative estimate of drug-likeness (QED) is 0.598. The van der Waals surface area contributed by atoms with E-state index in [1.807, 2.05) is 0 Å². The zero-order valence-corrected chi connectivity index (χ0v) is 14.0. The van der Waals surface area contributed by atoms with Crippen molar-refractivity contribution in [1.82, 2.24) is 20.0 Å². The molecule has 2 aromatic heterocycles. The molecule has 0 saturated heterocycles. The van der Waals surface area contributed by atoms with Gasteiger partial charge in [-0.3, -0.25) is 4.52 Å². The summed E-state index contributed by atoms with van der Waals surface area (Å²) in [6.45, 7) is 0.0318. The van der Waals surface area contributed by atoms with Crippen LogP contribution >= 0.6 is 11.6 Å². The van der Waals surface area contributed by atoms with E-state index in [1.54, 1.807) is 0 Å². The number of carbonyl (C=O) groups is 1. The van der Waals surface area contributed by atoms with Crippen molar-refractivity contribution < 1.29 is 36.6 Å². The number of rotatable bonds is 3. The van der Waals surface area contributed by atoms with Crippen LogP contribution in [0.15, 0.2) is 32.1 Å². The molecule has 0 radical (unpaired) electrons. The van der Waals surface area contributed by atoms with Gasteiger partial charge >= 0.3 is 17.9 Å². The Morgan fingerprint density at radius 3 is 2.46 bits per heavy atom. The Morgan fingerprint density at radius 2 is 1.93 bits per heavy atom. The number of alkyl halides is 3. The van der Waals surface area contributed by atoms with Crippen molar-refractivity contribution in [2.45, 2.75) is 12.7 Å². The maximum Gasteiger partial charge on any atom is 0.490 e. The lowest BCUT2D eigenvalue weighted by atomic mass is 10.2.